The first-order chi connectivity index (χ1) is 16.0. The van der Waals surface area contributed by atoms with E-state index in [0.29, 0.717) is 49.1 Å². The highest BCUT2D eigenvalue weighted by atomic mass is 16.6. The van der Waals surface area contributed by atoms with Crippen molar-refractivity contribution in [2.45, 2.75) is 19.1 Å². The molecule has 5 rings (SSSR count). The van der Waals surface area contributed by atoms with Crippen molar-refractivity contribution in [3.63, 3.8) is 0 Å². The van der Waals surface area contributed by atoms with Crippen LogP contribution in [0, 0.1) is 0 Å². The minimum atomic E-state index is -0.703. The van der Waals surface area contributed by atoms with E-state index in [2.05, 4.69) is 0 Å². The number of hydrogen-bond donors (Lipinski definition) is 0. The van der Waals surface area contributed by atoms with Crippen LogP contribution in [-0.2, 0) is 14.4 Å². The Morgan fingerprint density at radius 2 is 1.52 bits per heavy atom. The van der Waals surface area contributed by atoms with Crippen LogP contribution in [0.2, 0.25) is 0 Å². The zero-order valence-electron chi connectivity index (χ0n) is 18.3. The molecule has 9 heteroatoms. The van der Waals surface area contributed by atoms with Gasteiger partial charge in [-0.05, 0) is 31.2 Å². The Morgan fingerprint density at radius 3 is 2.27 bits per heavy atom. The summed E-state index contributed by atoms with van der Waals surface area (Å²) in [5, 5.41) is 0. The van der Waals surface area contributed by atoms with Crippen LogP contribution in [0.5, 0.6) is 17.2 Å². The number of carbonyl (C=O) groups is 3. The number of ether oxygens (including phenoxy) is 3. The average Bonchev–Trinajstić information content (AvgIpc) is 2.86. The van der Waals surface area contributed by atoms with Gasteiger partial charge in [0.1, 0.15) is 18.9 Å². The molecular formula is C24H25N3O6. The van der Waals surface area contributed by atoms with Crippen LogP contribution in [-0.4, -0.2) is 79.1 Å². The Labute approximate surface area is 191 Å². The van der Waals surface area contributed by atoms with Gasteiger partial charge in [-0.3, -0.25) is 19.3 Å². The molecule has 0 N–H and O–H groups in total. The van der Waals surface area contributed by atoms with Crippen LogP contribution < -0.4 is 19.1 Å². The van der Waals surface area contributed by atoms with E-state index in [1.54, 1.807) is 41.0 Å². The van der Waals surface area contributed by atoms with Crippen molar-refractivity contribution in [2.75, 3.05) is 44.2 Å². The number of anilines is 1. The molecule has 0 aromatic heterocycles. The van der Waals surface area contributed by atoms with Crippen molar-refractivity contribution in [3.05, 3.63) is 48.5 Å². The summed E-state index contributed by atoms with van der Waals surface area (Å²) in [7, 11) is 0. The molecule has 3 aliphatic heterocycles. The molecule has 2 unspecified atom stereocenters. The SMILES string of the molecule is CC1Oc2ccccc2N(CC(=O)N2CCN(C(=O)C3COc4ccccc4O3)CC2)C1=O. The molecule has 33 heavy (non-hydrogen) atoms. The summed E-state index contributed by atoms with van der Waals surface area (Å²) in [5.41, 5.74) is 0.595. The smallest absolute Gasteiger partial charge is 0.268 e. The first-order valence-corrected chi connectivity index (χ1v) is 11.0. The van der Waals surface area contributed by atoms with E-state index in [4.69, 9.17) is 14.2 Å². The molecule has 1 saturated heterocycles. The number of nitrogens with zero attached hydrogens (tertiary/aromatic N) is 3. The third kappa shape index (κ3) is 4.06. The van der Waals surface area contributed by atoms with E-state index in [1.807, 2.05) is 24.3 Å². The molecule has 2 aromatic rings. The van der Waals surface area contributed by atoms with Crippen LogP contribution in [0.1, 0.15) is 6.92 Å². The first kappa shape index (κ1) is 21.1. The summed E-state index contributed by atoms with van der Waals surface area (Å²) in [6, 6.07) is 14.5. The van der Waals surface area contributed by atoms with Crippen molar-refractivity contribution in [2.24, 2.45) is 0 Å². The van der Waals surface area contributed by atoms with Gasteiger partial charge in [0.2, 0.25) is 12.0 Å². The molecule has 0 radical (unpaired) electrons. The Kier molecular flexibility index (Phi) is 5.53. The predicted molar refractivity (Wildman–Crippen MR) is 118 cm³/mol. The highest BCUT2D eigenvalue weighted by molar-refractivity contribution is 6.03. The quantitative estimate of drug-likeness (QED) is 0.699. The second-order valence-corrected chi connectivity index (χ2v) is 8.22. The number of carbonyl (C=O) groups excluding carboxylic acids is 3. The van der Waals surface area contributed by atoms with Gasteiger partial charge in [0.15, 0.2) is 17.6 Å². The Balaban J connectivity index is 1.18. The van der Waals surface area contributed by atoms with E-state index in [0.717, 1.165) is 0 Å². The average molecular weight is 451 g/mol. The Bertz CT molecular complexity index is 1080. The molecule has 3 amide bonds. The molecule has 172 valence electrons. The normalized spacial score (nSPS) is 21.8. The van der Waals surface area contributed by atoms with Gasteiger partial charge in [0, 0.05) is 26.2 Å². The lowest BCUT2D eigenvalue weighted by molar-refractivity contribution is -0.146. The largest absolute Gasteiger partial charge is 0.485 e. The highest BCUT2D eigenvalue weighted by Crippen LogP contribution is 2.34. The van der Waals surface area contributed by atoms with E-state index in [1.165, 1.54) is 4.90 Å². The van der Waals surface area contributed by atoms with Crippen LogP contribution in [0.3, 0.4) is 0 Å². The standard InChI is InChI=1S/C24H25N3O6/c1-16-23(29)27(17-6-2-3-7-18(17)32-16)14-22(28)25-10-12-26(13-11-25)24(30)21-15-31-19-8-4-5-9-20(19)33-21/h2-9,16,21H,10-15H2,1H3. The summed E-state index contributed by atoms with van der Waals surface area (Å²) < 4.78 is 17.1. The van der Waals surface area contributed by atoms with Gasteiger partial charge in [0.05, 0.1) is 5.69 Å². The second kappa shape index (κ2) is 8.65. The lowest BCUT2D eigenvalue weighted by atomic mass is 10.1. The first-order valence-electron chi connectivity index (χ1n) is 11.0. The number of para-hydroxylation sites is 4. The number of rotatable bonds is 3. The van der Waals surface area contributed by atoms with Crippen LogP contribution in [0.15, 0.2) is 48.5 Å². The monoisotopic (exact) mass is 451 g/mol. The maximum absolute atomic E-state index is 13.0. The van der Waals surface area contributed by atoms with Gasteiger partial charge in [0.25, 0.3) is 11.8 Å². The van der Waals surface area contributed by atoms with Gasteiger partial charge >= 0.3 is 0 Å². The van der Waals surface area contributed by atoms with Crippen LogP contribution in [0.25, 0.3) is 0 Å². The van der Waals surface area contributed by atoms with Crippen molar-refractivity contribution in [1.29, 1.82) is 0 Å². The lowest BCUT2D eigenvalue weighted by Crippen LogP contribution is -2.57. The number of benzene rings is 2. The number of fused-ring (bicyclic) bond motifs is 2. The fraction of sp³-hybridized carbons (Fsp3) is 0.375. The van der Waals surface area contributed by atoms with Gasteiger partial charge in [-0.15, -0.1) is 0 Å². The molecule has 2 aromatic carbocycles. The molecule has 9 nitrogen and oxygen atoms in total. The summed E-state index contributed by atoms with van der Waals surface area (Å²) in [5.74, 6) is 1.22. The highest BCUT2D eigenvalue weighted by Gasteiger charge is 2.36. The maximum Gasteiger partial charge on any atom is 0.268 e. The number of piperazine rings is 1. The maximum atomic E-state index is 13.0. The molecule has 1 fully saturated rings. The predicted octanol–water partition coefficient (Wildman–Crippen LogP) is 1.31. The van der Waals surface area contributed by atoms with Gasteiger partial charge in [-0.2, -0.15) is 0 Å². The molecule has 0 saturated carbocycles. The third-order valence-corrected chi connectivity index (χ3v) is 6.10. The number of amides is 3. The fourth-order valence-corrected chi connectivity index (χ4v) is 4.28. The van der Waals surface area contributed by atoms with Gasteiger partial charge in [-0.25, -0.2) is 0 Å². The van der Waals surface area contributed by atoms with Crippen molar-refractivity contribution in [3.8, 4) is 17.2 Å². The van der Waals surface area contributed by atoms with Crippen molar-refractivity contribution < 1.29 is 28.6 Å². The molecule has 0 spiro atoms. The Morgan fingerprint density at radius 1 is 0.879 bits per heavy atom. The summed E-state index contributed by atoms with van der Waals surface area (Å²) in [6.07, 6.45) is -1.35. The molecule has 0 bridgehead atoms. The fourth-order valence-electron chi connectivity index (χ4n) is 4.28. The molecule has 0 aliphatic carbocycles. The van der Waals surface area contributed by atoms with Crippen LogP contribution >= 0.6 is 0 Å². The van der Waals surface area contributed by atoms with Crippen molar-refractivity contribution in [1.82, 2.24) is 9.80 Å². The molecular weight excluding hydrogens is 426 g/mol. The van der Waals surface area contributed by atoms with E-state index < -0.39 is 12.2 Å². The Hall–Kier alpha value is -3.75. The van der Waals surface area contributed by atoms with Gasteiger partial charge < -0.3 is 24.0 Å². The van der Waals surface area contributed by atoms with E-state index in [9.17, 15) is 14.4 Å². The molecule has 3 heterocycles. The minimum Gasteiger partial charge on any atom is -0.485 e. The summed E-state index contributed by atoms with van der Waals surface area (Å²) >= 11 is 0. The topological polar surface area (TPSA) is 88.6 Å². The summed E-state index contributed by atoms with van der Waals surface area (Å²) in [4.78, 5) is 43.4. The second-order valence-electron chi connectivity index (χ2n) is 8.22. The lowest BCUT2D eigenvalue weighted by Gasteiger charge is -2.38. The van der Waals surface area contributed by atoms with Crippen molar-refractivity contribution >= 4 is 23.4 Å². The minimum absolute atomic E-state index is 0.0617. The summed E-state index contributed by atoms with van der Waals surface area (Å²) in [6.45, 7) is 3.36. The zero-order chi connectivity index (χ0) is 22.9. The van der Waals surface area contributed by atoms with Gasteiger partial charge in [-0.1, -0.05) is 24.3 Å². The van der Waals surface area contributed by atoms with E-state index in [-0.39, 0.29) is 30.9 Å². The van der Waals surface area contributed by atoms with E-state index >= 15 is 0 Å². The van der Waals surface area contributed by atoms with Crippen LogP contribution in [0.4, 0.5) is 5.69 Å². The number of hydrogen-bond acceptors (Lipinski definition) is 6. The zero-order valence-corrected chi connectivity index (χ0v) is 18.3. The molecule has 2 atom stereocenters. The third-order valence-electron chi connectivity index (χ3n) is 6.10. The molecule has 3 aliphatic rings.